The lowest BCUT2D eigenvalue weighted by Gasteiger charge is -2.07. The molecule has 1 aromatic heterocycles. The number of halogens is 1. The van der Waals surface area contributed by atoms with Gasteiger partial charge in [0.25, 0.3) is 5.91 Å². The van der Waals surface area contributed by atoms with Crippen LogP contribution in [0, 0.1) is 17.4 Å². The van der Waals surface area contributed by atoms with Crippen molar-refractivity contribution in [2.75, 3.05) is 0 Å². The summed E-state index contributed by atoms with van der Waals surface area (Å²) in [6, 6.07) is 4.88. The van der Waals surface area contributed by atoms with E-state index in [0.29, 0.717) is 12.1 Å². The zero-order chi connectivity index (χ0) is 14.9. The first-order chi connectivity index (χ1) is 9.40. The zero-order valence-electron chi connectivity index (χ0n) is 11.6. The number of aromatic nitrogens is 2. The van der Waals surface area contributed by atoms with Gasteiger partial charge in [-0.05, 0) is 54.6 Å². The Labute approximate surface area is 131 Å². The molecule has 0 aliphatic heterocycles. The molecule has 0 aliphatic carbocycles. The van der Waals surface area contributed by atoms with Crippen LogP contribution in [-0.4, -0.2) is 20.8 Å². The first-order valence-electron chi connectivity index (χ1n) is 6.16. The van der Waals surface area contributed by atoms with Crippen LogP contribution in [0.4, 0.5) is 0 Å². The minimum Gasteiger partial charge on any atom is -0.507 e. The van der Waals surface area contributed by atoms with Gasteiger partial charge in [0.15, 0.2) is 0 Å². The number of benzene rings is 1. The summed E-state index contributed by atoms with van der Waals surface area (Å²) in [5, 5.41) is 16.8. The third-order valence-corrected chi connectivity index (χ3v) is 4.21. The van der Waals surface area contributed by atoms with Crippen molar-refractivity contribution in [2.45, 2.75) is 20.4 Å². The van der Waals surface area contributed by atoms with Crippen LogP contribution in [0.1, 0.15) is 27.3 Å². The standard InChI is InChI=1S/C14H16IN3O2/c1-8-11(9(2)18(3)17-8)7-16-14(20)10-4-5-12(15)13(19)6-10/h4-6,19H,7H2,1-3H3,(H,16,20). The highest BCUT2D eigenvalue weighted by Gasteiger charge is 2.12. The van der Waals surface area contributed by atoms with Gasteiger partial charge >= 0.3 is 0 Å². The van der Waals surface area contributed by atoms with Gasteiger partial charge in [0.05, 0.1) is 9.26 Å². The fraction of sp³-hybridized carbons (Fsp3) is 0.286. The molecule has 2 N–H and O–H groups in total. The predicted octanol–water partition coefficient (Wildman–Crippen LogP) is 2.28. The smallest absolute Gasteiger partial charge is 0.251 e. The Morgan fingerprint density at radius 1 is 1.45 bits per heavy atom. The molecule has 20 heavy (non-hydrogen) atoms. The van der Waals surface area contributed by atoms with E-state index in [1.54, 1.807) is 16.8 Å². The van der Waals surface area contributed by atoms with Gasteiger partial charge < -0.3 is 10.4 Å². The van der Waals surface area contributed by atoms with Crippen molar-refractivity contribution >= 4 is 28.5 Å². The number of nitrogens with one attached hydrogen (secondary N) is 1. The van der Waals surface area contributed by atoms with Crippen LogP contribution in [-0.2, 0) is 13.6 Å². The average Bonchev–Trinajstić information content (AvgIpc) is 2.64. The Morgan fingerprint density at radius 3 is 2.70 bits per heavy atom. The van der Waals surface area contributed by atoms with Crippen LogP contribution >= 0.6 is 22.6 Å². The van der Waals surface area contributed by atoms with Crippen LogP contribution in [0.2, 0.25) is 0 Å². The zero-order valence-corrected chi connectivity index (χ0v) is 13.7. The van der Waals surface area contributed by atoms with E-state index in [9.17, 15) is 9.90 Å². The Balaban J connectivity index is 2.10. The predicted molar refractivity (Wildman–Crippen MR) is 84.7 cm³/mol. The number of aryl methyl sites for hydroxylation is 2. The molecule has 2 rings (SSSR count). The molecule has 0 fully saturated rings. The van der Waals surface area contributed by atoms with Gasteiger partial charge in [-0.15, -0.1) is 0 Å². The quantitative estimate of drug-likeness (QED) is 0.797. The van der Waals surface area contributed by atoms with Gasteiger partial charge in [-0.2, -0.15) is 5.10 Å². The number of phenolic OH excluding ortho intramolecular Hbond substituents is 1. The lowest BCUT2D eigenvalue weighted by molar-refractivity contribution is 0.0950. The van der Waals surface area contributed by atoms with Gasteiger partial charge in [-0.25, -0.2) is 0 Å². The summed E-state index contributed by atoms with van der Waals surface area (Å²) in [6.07, 6.45) is 0. The molecule has 106 valence electrons. The molecule has 0 atom stereocenters. The van der Waals surface area contributed by atoms with E-state index in [4.69, 9.17) is 0 Å². The number of nitrogens with zero attached hydrogens (tertiary/aromatic N) is 2. The van der Waals surface area contributed by atoms with Gasteiger partial charge in [0.1, 0.15) is 5.75 Å². The Bertz CT molecular complexity index is 665. The maximum absolute atomic E-state index is 12.1. The van der Waals surface area contributed by atoms with E-state index in [0.717, 1.165) is 20.5 Å². The molecule has 6 heteroatoms. The average molecular weight is 385 g/mol. The van der Waals surface area contributed by atoms with E-state index < -0.39 is 0 Å². The number of carbonyl (C=O) groups excluding carboxylic acids is 1. The van der Waals surface area contributed by atoms with Crippen LogP contribution in [0.15, 0.2) is 18.2 Å². The van der Waals surface area contributed by atoms with Crippen molar-refractivity contribution in [2.24, 2.45) is 7.05 Å². The number of amides is 1. The third kappa shape index (κ3) is 2.95. The molecular weight excluding hydrogens is 369 g/mol. The van der Waals surface area contributed by atoms with Crippen LogP contribution in [0.25, 0.3) is 0 Å². The normalized spacial score (nSPS) is 10.6. The summed E-state index contributed by atoms with van der Waals surface area (Å²) in [6.45, 7) is 4.32. The fourth-order valence-electron chi connectivity index (χ4n) is 2.00. The van der Waals surface area contributed by atoms with Crippen molar-refractivity contribution in [1.82, 2.24) is 15.1 Å². The number of phenols is 1. The molecule has 5 nitrogen and oxygen atoms in total. The lowest BCUT2D eigenvalue weighted by Crippen LogP contribution is -2.23. The topological polar surface area (TPSA) is 67.2 Å². The summed E-state index contributed by atoms with van der Waals surface area (Å²) in [5.74, 6) is -0.0914. The minimum absolute atomic E-state index is 0.118. The second-order valence-corrected chi connectivity index (χ2v) is 5.78. The molecule has 0 unspecified atom stereocenters. The largest absolute Gasteiger partial charge is 0.507 e. The minimum atomic E-state index is -0.209. The second kappa shape index (κ2) is 5.82. The monoisotopic (exact) mass is 385 g/mol. The SMILES string of the molecule is Cc1nn(C)c(C)c1CNC(=O)c1ccc(I)c(O)c1. The molecule has 1 aromatic carbocycles. The highest BCUT2D eigenvalue weighted by Crippen LogP contribution is 2.20. The molecule has 0 spiro atoms. The summed E-state index contributed by atoms with van der Waals surface area (Å²) in [5.41, 5.74) is 3.42. The first kappa shape index (κ1) is 14.8. The van der Waals surface area contributed by atoms with Crippen molar-refractivity contribution in [3.63, 3.8) is 0 Å². The molecule has 1 amide bonds. The fourth-order valence-corrected chi connectivity index (χ4v) is 2.33. The third-order valence-electron chi connectivity index (χ3n) is 3.29. The maximum Gasteiger partial charge on any atom is 0.251 e. The Kier molecular flexibility index (Phi) is 4.32. The highest BCUT2D eigenvalue weighted by molar-refractivity contribution is 14.1. The maximum atomic E-state index is 12.1. The lowest BCUT2D eigenvalue weighted by atomic mass is 10.1. The van der Waals surface area contributed by atoms with Crippen molar-refractivity contribution in [3.05, 3.63) is 44.3 Å². The summed E-state index contributed by atoms with van der Waals surface area (Å²) >= 11 is 2.01. The number of aromatic hydroxyl groups is 1. The number of rotatable bonds is 3. The van der Waals surface area contributed by atoms with E-state index >= 15 is 0 Å². The van der Waals surface area contributed by atoms with Gasteiger partial charge in [-0.1, -0.05) is 0 Å². The van der Waals surface area contributed by atoms with Crippen LogP contribution in [0.5, 0.6) is 5.75 Å². The van der Waals surface area contributed by atoms with Crippen LogP contribution in [0.3, 0.4) is 0 Å². The van der Waals surface area contributed by atoms with Gasteiger partial charge in [0, 0.05) is 30.4 Å². The summed E-state index contributed by atoms with van der Waals surface area (Å²) < 4.78 is 2.52. The van der Waals surface area contributed by atoms with E-state index in [1.807, 2.05) is 43.5 Å². The highest BCUT2D eigenvalue weighted by atomic mass is 127. The number of hydrogen-bond donors (Lipinski definition) is 2. The molecule has 0 aliphatic rings. The van der Waals surface area contributed by atoms with E-state index in [-0.39, 0.29) is 11.7 Å². The molecule has 0 radical (unpaired) electrons. The summed E-state index contributed by atoms with van der Waals surface area (Å²) in [7, 11) is 1.88. The molecule has 0 saturated heterocycles. The molecule has 0 saturated carbocycles. The molecule has 2 aromatic rings. The Hall–Kier alpha value is -1.57. The van der Waals surface area contributed by atoms with Crippen molar-refractivity contribution in [3.8, 4) is 5.75 Å². The molecule has 0 bridgehead atoms. The second-order valence-electron chi connectivity index (χ2n) is 4.62. The van der Waals surface area contributed by atoms with E-state index in [2.05, 4.69) is 10.4 Å². The van der Waals surface area contributed by atoms with Gasteiger partial charge in [0.2, 0.25) is 0 Å². The molecular formula is C14H16IN3O2. The Morgan fingerprint density at radius 2 is 2.15 bits per heavy atom. The molecule has 1 heterocycles. The summed E-state index contributed by atoms with van der Waals surface area (Å²) in [4.78, 5) is 12.1. The van der Waals surface area contributed by atoms with Gasteiger partial charge in [-0.3, -0.25) is 9.48 Å². The van der Waals surface area contributed by atoms with Crippen molar-refractivity contribution in [1.29, 1.82) is 0 Å². The first-order valence-corrected chi connectivity index (χ1v) is 7.24. The number of hydrogen-bond acceptors (Lipinski definition) is 3. The van der Waals surface area contributed by atoms with Crippen LogP contribution < -0.4 is 5.32 Å². The van der Waals surface area contributed by atoms with Crippen molar-refractivity contribution < 1.29 is 9.90 Å². The number of carbonyl (C=O) groups is 1. The van der Waals surface area contributed by atoms with E-state index in [1.165, 1.54) is 6.07 Å².